The van der Waals surface area contributed by atoms with E-state index in [1.807, 2.05) is 12.1 Å². The Morgan fingerprint density at radius 1 is 1.20 bits per heavy atom. The van der Waals surface area contributed by atoms with Gasteiger partial charge in [0.1, 0.15) is 0 Å². The molecule has 1 fully saturated rings. The highest BCUT2D eigenvalue weighted by molar-refractivity contribution is 9.10. The summed E-state index contributed by atoms with van der Waals surface area (Å²) >= 11 is 3.49. The van der Waals surface area contributed by atoms with Crippen molar-refractivity contribution in [1.82, 2.24) is 10.1 Å². The van der Waals surface area contributed by atoms with E-state index in [0.717, 1.165) is 30.2 Å². The summed E-state index contributed by atoms with van der Waals surface area (Å²) < 4.78 is 6.54. The molecule has 1 aromatic heterocycles. The van der Waals surface area contributed by atoms with Gasteiger partial charge in [-0.1, -0.05) is 47.1 Å². The minimum Gasteiger partial charge on any atom is -0.393 e. The van der Waals surface area contributed by atoms with Crippen LogP contribution in [0.5, 0.6) is 0 Å². The zero-order chi connectivity index (χ0) is 18.0. The fourth-order valence-corrected chi connectivity index (χ4v) is 3.67. The molecule has 3 rings (SSSR count). The van der Waals surface area contributed by atoms with Crippen LogP contribution in [0.15, 0.2) is 33.3 Å². The number of benzene rings is 1. The van der Waals surface area contributed by atoms with E-state index in [1.54, 1.807) is 0 Å². The quantitative estimate of drug-likeness (QED) is 0.762. The van der Waals surface area contributed by atoms with Gasteiger partial charge in [-0.3, -0.25) is 0 Å². The normalized spacial score (nSPS) is 23.4. The summed E-state index contributed by atoms with van der Waals surface area (Å²) in [5.74, 6) is 1.01. The van der Waals surface area contributed by atoms with Crippen molar-refractivity contribution in [3.8, 4) is 0 Å². The number of hydrogen-bond acceptors (Lipinski definition) is 5. The number of aromatic nitrogens is 2. The fraction of sp³-hybridized carbons (Fsp3) is 0.579. The first-order valence-electron chi connectivity index (χ1n) is 8.94. The van der Waals surface area contributed by atoms with Crippen LogP contribution in [0.3, 0.4) is 0 Å². The third kappa shape index (κ3) is 3.90. The van der Waals surface area contributed by atoms with E-state index in [-0.39, 0.29) is 17.6 Å². The lowest BCUT2D eigenvalue weighted by atomic mass is 9.73. The summed E-state index contributed by atoms with van der Waals surface area (Å²) in [6, 6.07) is 9.06. The molecule has 2 aromatic rings. The van der Waals surface area contributed by atoms with Gasteiger partial charge < -0.3 is 14.9 Å². The van der Waals surface area contributed by atoms with Crippen LogP contribution in [0.2, 0.25) is 0 Å². The Bertz CT molecular complexity index is 693. The molecule has 5 nitrogen and oxygen atoms in total. The van der Waals surface area contributed by atoms with Crippen LogP contribution in [-0.4, -0.2) is 27.4 Å². The van der Waals surface area contributed by atoms with Gasteiger partial charge in [-0.05, 0) is 56.2 Å². The van der Waals surface area contributed by atoms with E-state index >= 15 is 0 Å². The van der Waals surface area contributed by atoms with Crippen molar-refractivity contribution in [2.24, 2.45) is 5.92 Å². The maximum absolute atomic E-state index is 9.63. The molecular formula is C19H26BrN3O2. The summed E-state index contributed by atoms with van der Waals surface area (Å²) in [4.78, 5) is 4.65. The molecule has 1 heterocycles. The Hall–Kier alpha value is -1.40. The second-order valence-electron chi connectivity index (χ2n) is 7.44. The summed E-state index contributed by atoms with van der Waals surface area (Å²) in [6.07, 6.45) is 3.32. The van der Waals surface area contributed by atoms with Gasteiger partial charge in [-0.2, -0.15) is 4.98 Å². The molecule has 0 bridgehead atoms. The molecule has 1 aliphatic carbocycles. The highest BCUT2D eigenvalue weighted by Crippen LogP contribution is 2.38. The predicted octanol–water partition coefficient (Wildman–Crippen LogP) is 4.51. The molecule has 6 heteroatoms. The molecule has 136 valence electrons. The third-order valence-electron chi connectivity index (χ3n) is 5.51. The van der Waals surface area contributed by atoms with Crippen molar-refractivity contribution in [2.45, 2.75) is 64.0 Å². The largest absolute Gasteiger partial charge is 0.393 e. The van der Waals surface area contributed by atoms with Crippen molar-refractivity contribution in [3.63, 3.8) is 0 Å². The third-order valence-corrected chi connectivity index (χ3v) is 6.04. The molecule has 0 aliphatic heterocycles. The Morgan fingerprint density at radius 3 is 2.44 bits per heavy atom. The Kier molecular flexibility index (Phi) is 5.49. The molecule has 0 spiro atoms. The molecule has 2 N–H and O–H groups in total. The SMILES string of the molecule is CC(C)C(C)(c1ccc(Br)cc1)c1noc(NC2CCC(O)CC2)n1. The first-order chi connectivity index (χ1) is 11.9. The maximum Gasteiger partial charge on any atom is 0.321 e. The number of nitrogens with one attached hydrogen (secondary N) is 1. The second kappa shape index (κ2) is 7.46. The van der Waals surface area contributed by atoms with Crippen LogP contribution in [0.1, 0.15) is 57.8 Å². The number of anilines is 1. The predicted molar refractivity (Wildman–Crippen MR) is 102 cm³/mol. The van der Waals surface area contributed by atoms with Crippen molar-refractivity contribution < 1.29 is 9.63 Å². The van der Waals surface area contributed by atoms with E-state index in [0.29, 0.717) is 17.8 Å². The molecule has 0 amide bonds. The lowest BCUT2D eigenvalue weighted by Gasteiger charge is -2.31. The maximum atomic E-state index is 9.63. The molecule has 1 aliphatic rings. The van der Waals surface area contributed by atoms with Crippen LogP contribution in [0, 0.1) is 5.92 Å². The van der Waals surface area contributed by atoms with Crippen LogP contribution in [0.4, 0.5) is 6.01 Å². The molecular weight excluding hydrogens is 382 g/mol. The highest BCUT2D eigenvalue weighted by atomic mass is 79.9. The molecule has 0 radical (unpaired) electrons. The Balaban J connectivity index is 1.81. The highest BCUT2D eigenvalue weighted by Gasteiger charge is 2.37. The summed E-state index contributed by atoms with van der Waals surface area (Å²) in [5, 5.41) is 17.2. The van der Waals surface area contributed by atoms with Crippen molar-refractivity contribution in [1.29, 1.82) is 0 Å². The Morgan fingerprint density at radius 2 is 1.84 bits per heavy atom. The van der Waals surface area contributed by atoms with Crippen LogP contribution in [-0.2, 0) is 5.41 Å². The number of aliphatic hydroxyl groups excluding tert-OH is 1. The van der Waals surface area contributed by atoms with Gasteiger partial charge in [0.15, 0.2) is 5.82 Å². The van der Waals surface area contributed by atoms with Crippen LogP contribution in [0.25, 0.3) is 0 Å². The second-order valence-corrected chi connectivity index (χ2v) is 8.35. The lowest BCUT2D eigenvalue weighted by Crippen LogP contribution is -2.32. The molecule has 1 unspecified atom stereocenters. The summed E-state index contributed by atoms with van der Waals surface area (Å²) in [7, 11) is 0. The fourth-order valence-electron chi connectivity index (χ4n) is 3.40. The minimum atomic E-state index is -0.326. The number of rotatable bonds is 5. The van der Waals surface area contributed by atoms with Gasteiger partial charge in [-0.15, -0.1) is 0 Å². The molecule has 1 aromatic carbocycles. The number of aliphatic hydroxyl groups is 1. The number of halogens is 1. The molecule has 25 heavy (non-hydrogen) atoms. The standard InChI is InChI=1S/C19H26BrN3O2/c1-12(2)19(3,13-4-6-14(20)7-5-13)17-22-18(25-23-17)21-15-8-10-16(24)11-9-15/h4-7,12,15-16,24H,8-11H2,1-3H3,(H,21,22,23). The van der Waals surface area contributed by atoms with Gasteiger partial charge >= 0.3 is 6.01 Å². The number of hydrogen-bond donors (Lipinski definition) is 2. The van der Waals surface area contributed by atoms with Crippen LogP contribution < -0.4 is 5.32 Å². The smallest absolute Gasteiger partial charge is 0.321 e. The minimum absolute atomic E-state index is 0.169. The van der Waals surface area contributed by atoms with E-state index in [9.17, 15) is 5.11 Å². The average molecular weight is 408 g/mol. The van der Waals surface area contributed by atoms with Gasteiger partial charge in [-0.25, -0.2) is 0 Å². The van der Waals surface area contributed by atoms with Gasteiger partial charge in [0.05, 0.1) is 11.5 Å². The van der Waals surface area contributed by atoms with E-state index in [1.165, 1.54) is 5.56 Å². The van der Waals surface area contributed by atoms with Gasteiger partial charge in [0.25, 0.3) is 0 Å². The van der Waals surface area contributed by atoms with Gasteiger partial charge in [0.2, 0.25) is 0 Å². The van der Waals surface area contributed by atoms with E-state index in [4.69, 9.17) is 4.52 Å². The molecule has 0 saturated heterocycles. The summed E-state index contributed by atoms with van der Waals surface area (Å²) in [6.45, 7) is 6.51. The van der Waals surface area contributed by atoms with Crippen LogP contribution >= 0.6 is 15.9 Å². The topological polar surface area (TPSA) is 71.2 Å². The van der Waals surface area contributed by atoms with E-state index < -0.39 is 0 Å². The summed E-state index contributed by atoms with van der Waals surface area (Å²) in [5.41, 5.74) is 0.839. The van der Waals surface area contributed by atoms with E-state index in [2.05, 4.69) is 64.3 Å². The van der Waals surface area contributed by atoms with Crippen molar-refractivity contribution in [3.05, 3.63) is 40.1 Å². The monoisotopic (exact) mass is 407 g/mol. The first-order valence-corrected chi connectivity index (χ1v) is 9.73. The molecule has 1 atom stereocenters. The van der Waals surface area contributed by atoms with Crippen molar-refractivity contribution in [2.75, 3.05) is 5.32 Å². The zero-order valence-corrected chi connectivity index (χ0v) is 16.6. The zero-order valence-electron chi connectivity index (χ0n) is 15.0. The number of nitrogens with zero attached hydrogens (tertiary/aromatic N) is 2. The van der Waals surface area contributed by atoms with Gasteiger partial charge in [0, 0.05) is 10.5 Å². The molecule has 1 saturated carbocycles. The Labute approximate surface area is 157 Å². The average Bonchev–Trinajstić information content (AvgIpc) is 3.05. The first kappa shape index (κ1) is 18.4. The van der Waals surface area contributed by atoms with Crippen molar-refractivity contribution >= 4 is 21.9 Å². The lowest BCUT2D eigenvalue weighted by molar-refractivity contribution is 0.125.